The van der Waals surface area contributed by atoms with Crippen LogP contribution in [-0.2, 0) is 7.05 Å². The fraction of sp³-hybridized carbons (Fsp3) is 0.0769. The predicted molar refractivity (Wildman–Crippen MR) is 73.5 cm³/mol. The van der Waals surface area contributed by atoms with Crippen LogP contribution in [0.5, 0.6) is 0 Å². The lowest BCUT2D eigenvalue weighted by molar-refractivity contribution is 0.766. The van der Waals surface area contributed by atoms with Crippen molar-refractivity contribution < 1.29 is 0 Å². The molecule has 90 valence electrons. The molecule has 0 aliphatic carbocycles. The molecule has 3 rings (SSSR count). The summed E-state index contributed by atoms with van der Waals surface area (Å²) in [6, 6.07) is 7.86. The van der Waals surface area contributed by atoms with Crippen LogP contribution in [0.3, 0.4) is 0 Å². The highest BCUT2D eigenvalue weighted by atomic mass is 32.2. The molecule has 0 unspecified atom stereocenters. The molecule has 3 aromatic rings. The second-order valence-electron chi connectivity index (χ2n) is 4.00. The maximum atomic E-state index is 5.93. The van der Waals surface area contributed by atoms with E-state index >= 15 is 0 Å². The van der Waals surface area contributed by atoms with Crippen molar-refractivity contribution in [3.05, 3.63) is 42.9 Å². The minimum absolute atomic E-state index is 0.709. The average Bonchev–Trinajstić information content (AvgIpc) is 2.76. The number of nitrogens with two attached hydrogens (primary N) is 1. The third-order valence-electron chi connectivity index (χ3n) is 2.67. The molecular weight excluding hydrogens is 244 g/mol. The average molecular weight is 256 g/mol. The lowest BCUT2D eigenvalue weighted by atomic mass is 10.2. The van der Waals surface area contributed by atoms with Crippen molar-refractivity contribution in [2.24, 2.45) is 7.05 Å². The van der Waals surface area contributed by atoms with Crippen LogP contribution in [0.15, 0.2) is 52.6 Å². The van der Waals surface area contributed by atoms with Crippen molar-refractivity contribution in [1.82, 2.24) is 14.8 Å². The van der Waals surface area contributed by atoms with Crippen LogP contribution in [0.4, 0.5) is 5.69 Å². The Labute approximate surface area is 109 Å². The largest absolute Gasteiger partial charge is 0.397 e. The van der Waals surface area contributed by atoms with E-state index in [0.29, 0.717) is 5.69 Å². The normalized spacial score (nSPS) is 10.9. The highest BCUT2D eigenvalue weighted by molar-refractivity contribution is 7.99. The quantitative estimate of drug-likeness (QED) is 0.716. The first kappa shape index (κ1) is 11.1. The fourth-order valence-corrected chi connectivity index (χ4v) is 2.80. The summed E-state index contributed by atoms with van der Waals surface area (Å²) in [6.45, 7) is 0. The molecule has 0 radical (unpaired) electrons. The topological polar surface area (TPSA) is 56.7 Å². The van der Waals surface area contributed by atoms with Gasteiger partial charge in [-0.05, 0) is 12.1 Å². The van der Waals surface area contributed by atoms with Gasteiger partial charge in [-0.1, -0.05) is 23.9 Å². The SMILES string of the molecule is Cn1cc(Sc2ccnc3c(N)cccc23)cn1. The van der Waals surface area contributed by atoms with Gasteiger partial charge in [0.05, 0.1) is 22.3 Å². The van der Waals surface area contributed by atoms with E-state index in [0.717, 1.165) is 20.7 Å². The smallest absolute Gasteiger partial charge is 0.0942 e. The van der Waals surface area contributed by atoms with Crippen molar-refractivity contribution in [2.75, 3.05) is 5.73 Å². The molecule has 0 amide bonds. The zero-order valence-corrected chi connectivity index (χ0v) is 10.7. The van der Waals surface area contributed by atoms with Crippen LogP contribution in [-0.4, -0.2) is 14.8 Å². The van der Waals surface area contributed by atoms with Gasteiger partial charge in [-0.25, -0.2) is 0 Å². The number of aromatic nitrogens is 3. The van der Waals surface area contributed by atoms with Crippen LogP contribution in [0.1, 0.15) is 0 Å². The monoisotopic (exact) mass is 256 g/mol. The Hall–Kier alpha value is -2.01. The first-order valence-corrected chi connectivity index (χ1v) is 6.35. The Morgan fingerprint density at radius 3 is 2.94 bits per heavy atom. The Morgan fingerprint density at radius 1 is 1.28 bits per heavy atom. The summed E-state index contributed by atoms with van der Waals surface area (Å²) in [5.41, 5.74) is 7.50. The Bertz CT molecular complexity index is 705. The molecule has 2 heterocycles. The summed E-state index contributed by atoms with van der Waals surface area (Å²) in [5, 5.41) is 5.24. The summed E-state index contributed by atoms with van der Waals surface area (Å²) >= 11 is 1.67. The minimum atomic E-state index is 0.709. The van der Waals surface area contributed by atoms with E-state index in [1.165, 1.54) is 0 Å². The second kappa shape index (κ2) is 4.34. The van der Waals surface area contributed by atoms with Crippen LogP contribution in [0.2, 0.25) is 0 Å². The van der Waals surface area contributed by atoms with E-state index in [1.54, 1.807) is 22.6 Å². The molecule has 5 heteroatoms. The van der Waals surface area contributed by atoms with E-state index in [9.17, 15) is 0 Å². The highest BCUT2D eigenvalue weighted by Gasteiger charge is 2.06. The molecule has 0 aliphatic heterocycles. The molecule has 4 nitrogen and oxygen atoms in total. The number of hydrogen-bond donors (Lipinski definition) is 1. The number of nitrogen functional groups attached to an aromatic ring is 1. The van der Waals surface area contributed by atoms with Crippen LogP contribution in [0.25, 0.3) is 10.9 Å². The van der Waals surface area contributed by atoms with Gasteiger partial charge in [-0.2, -0.15) is 5.10 Å². The van der Waals surface area contributed by atoms with Crippen molar-refractivity contribution in [3.63, 3.8) is 0 Å². The van der Waals surface area contributed by atoms with E-state index < -0.39 is 0 Å². The second-order valence-corrected chi connectivity index (χ2v) is 5.12. The van der Waals surface area contributed by atoms with Gasteiger partial charge in [-0.15, -0.1) is 0 Å². The number of hydrogen-bond acceptors (Lipinski definition) is 4. The number of nitrogens with zero attached hydrogens (tertiary/aromatic N) is 3. The summed E-state index contributed by atoms with van der Waals surface area (Å²) < 4.78 is 1.79. The molecule has 2 aromatic heterocycles. The molecule has 2 N–H and O–H groups in total. The molecule has 0 saturated carbocycles. The van der Waals surface area contributed by atoms with E-state index in [1.807, 2.05) is 43.7 Å². The zero-order chi connectivity index (χ0) is 12.5. The standard InChI is InChI=1S/C13H12N4S/c1-17-8-9(7-16-17)18-12-5-6-15-13-10(12)3-2-4-11(13)14/h2-8H,14H2,1H3. The molecular formula is C13H12N4S. The minimum Gasteiger partial charge on any atom is -0.397 e. The first-order chi connectivity index (χ1) is 8.74. The first-order valence-electron chi connectivity index (χ1n) is 5.54. The number of rotatable bonds is 2. The maximum Gasteiger partial charge on any atom is 0.0942 e. The van der Waals surface area contributed by atoms with Gasteiger partial charge in [0.2, 0.25) is 0 Å². The zero-order valence-electron chi connectivity index (χ0n) is 9.87. The number of fused-ring (bicyclic) bond motifs is 1. The Kier molecular flexibility index (Phi) is 2.68. The van der Waals surface area contributed by atoms with Gasteiger partial charge >= 0.3 is 0 Å². The molecule has 1 aromatic carbocycles. The summed E-state index contributed by atoms with van der Waals surface area (Å²) in [6.07, 6.45) is 5.63. The predicted octanol–water partition coefficient (Wildman–Crippen LogP) is 2.70. The summed E-state index contributed by atoms with van der Waals surface area (Å²) in [5.74, 6) is 0. The summed E-state index contributed by atoms with van der Waals surface area (Å²) in [7, 11) is 1.91. The summed E-state index contributed by atoms with van der Waals surface area (Å²) in [4.78, 5) is 6.57. The van der Waals surface area contributed by atoms with Gasteiger partial charge in [0.1, 0.15) is 0 Å². The van der Waals surface area contributed by atoms with Gasteiger partial charge in [0.25, 0.3) is 0 Å². The third kappa shape index (κ3) is 1.93. The molecule has 0 aliphatic rings. The Balaban J connectivity index is 2.09. The van der Waals surface area contributed by atoms with E-state index in [2.05, 4.69) is 10.1 Å². The number of benzene rings is 1. The molecule has 0 atom stereocenters. The fourth-order valence-electron chi connectivity index (χ4n) is 1.84. The molecule has 18 heavy (non-hydrogen) atoms. The molecule has 0 saturated heterocycles. The van der Waals surface area contributed by atoms with Crippen molar-refractivity contribution in [3.8, 4) is 0 Å². The van der Waals surface area contributed by atoms with E-state index in [-0.39, 0.29) is 0 Å². The van der Waals surface area contributed by atoms with E-state index in [4.69, 9.17) is 5.73 Å². The highest BCUT2D eigenvalue weighted by Crippen LogP contribution is 2.33. The lowest BCUT2D eigenvalue weighted by Gasteiger charge is -2.05. The maximum absolute atomic E-state index is 5.93. The van der Waals surface area contributed by atoms with Gasteiger partial charge in [0.15, 0.2) is 0 Å². The number of anilines is 1. The van der Waals surface area contributed by atoms with Crippen molar-refractivity contribution in [1.29, 1.82) is 0 Å². The lowest BCUT2D eigenvalue weighted by Crippen LogP contribution is -1.89. The van der Waals surface area contributed by atoms with Gasteiger partial charge in [-0.3, -0.25) is 9.67 Å². The van der Waals surface area contributed by atoms with Crippen molar-refractivity contribution in [2.45, 2.75) is 9.79 Å². The van der Waals surface area contributed by atoms with Crippen molar-refractivity contribution >= 4 is 28.4 Å². The Morgan fingerprint density at radius 2 is 2.17 bits per heavy atom. The van der Waals surface area contributed by atoms with Gasteiger partial charge < -0.3 is 5.73 Å². The number of para-hydroxylation sites is 1. The molecule has 0 fully saturated rings. The molecule has 0 bridgehead atoms. The van der Waals surface area contributed by atoms with Crippen LogP contribution < -0.4 is 5.73 Å². The van der Waals surface area contributed by atoms with Crippen LogP contribution in [0, 0.1) is 0 Å². The number of pyridine rings is 1. The van der Waals surface area contributed by atoms with Crippen LogP contribution >= 0.6 is 11.8 Å². The van der Waals surface area contributed by atoms with Gasteiger partial charge in [0, 0.05) is 29.7 Å². The third-order valence-corrected chi connectivity index (χ3v) is 3.69. The molecule has 0 spiro atoms. The number of aryl methyl sites for hydroxylation is 1.